The molecule has 0 aliphatic rings. The van der Waals surface area contributed by atoms with E-state index in [1.54, 1.807) is 20.8 Å². The minimum Gasteiger partial charge on any atom is -0.462 e. The van der Waals surface area contributed by atoms with Gasteiger partial charge < -0.3 is 14.8 Å². The van der Waals surface area contributed by atoms with E-state index < -0.39 is 45.9 Å². The Balaban J connectivity index is 2.13. The van der Waals surface area contributed by atoms with Crippen LogP contribution >= 0.6 is 11.3 Å². The van der Waals surface area contributed by atoms with Gasteiger partial charge in [-0.2, -0.15) is 0 Å². The van der Waals surface area contributed by atoms with Crippen LogP contribution in [0.25, 0.3) is 0 Å². The number of carbonyl (C=O) groups excluding carboxylic acids is 3. The molecule has 0 fully saturated rings. The predicted octanol–water partition coefficient (Wildman–Crippen LogP) is 2.38. The van der Waals surface area contributed by atoms with Crippen molar-refractivity contribution >= 4 is 44.2 Å². The Morgan fingerprint density at radius 1 is 1.13 bits per heavy atom. The van der Waals surface area contributed by atoms with E-state index in [0.29, 0.717) is 5.56 Å². The molecule has 31 heavy (non-hydrogen) atoms. The number of hydrogen-bond donors (Lipinski definition) is 2. The summed E-state index contributed by atoms with van der Waals surface area (Å²) in [6.07, 6.45) is 0. The van der Waals surface area contributed by atoms with Gasteiger partial charge in [-0.25, -0.2) is 27.1 Å². The molecule has 0 radical (unpaired) electrons. The molecule has 9 nitrogen and oxygen atoms in total. The lowest BCUT2D eigenvalue weighted by Crippen LogP contribution is -2.23. The standard InChI is InChI=1S/C19H21FN2O7S2/c1-5-28-19(25)16-10(2)11(3)30-17(16)22-15(23)9-29-18(24)13-8-12(6-7-14(13)20)31(26,27)21-4/h6-8,21H,5,9H2,1-4H3,(H,22,23). The number of sulfonamides is 1. The van der Waals surface area contributed by atoms with Crippen molar-refractivity contribution in [3.05, 3.63) is 45.6 Å². The highest BCUT2D eigenvalue weighted by atomic mass is 32.2. The molecule has 1 amide bonds. The van der Waals surface area contributed by atoms with Gasteiger partial charge in [0.1, 0.15) is 10.8 Å². The Hall–Kier alpha value is -2.83. The number of nitrogens with one attached hydrogen (secondary N) is 2. The molecule has 12 heteroatoms. The summed E-state index contributed by atoms with van der Waals surface area (Å²) < 4.78 is 49.5. The van der Waals surface area contributed by atoms with Crippen LogP contribution in [0.15, 0.2) is 23.1 Å². The van der Waals surface area contributed by atoms with Crippen molar-refractivity contribution in [1.82, 2.24) is 4.72 Å². The van der Waals surface area contributed by atoms with Crippen molar-refractivity contribution in [2.75, 3.05) is 25.6 Å². The number of benzene rings is 1. The summed E-state index contributed by atoms with van der Waals surface area (Å²) in [5.74, 6) is -3.58. The number of halogens is 1. The van der Waals surface area contributed by atoms with Crippen LogP contribution in [0.2, 0.25) is 0 Å². The van der Waals surface area contributed by atoms with Crippen molar-refractivity contribution in [3.8, 4) is 0 Å². The van der Waals surface area contributed by atoms with E-state index in [2.05, 4.69) is 5.32 Å². The first-order chi connectivity index (χ1) is 14.5. The monoisotopic (exact) mass is 472 g/mol. The fourth-order valence-corrected chi connectivity index (χ4v) is 4.30. The molecule has 2 aromatic rings. The lowest BCUT2D eigenvalue weighted by Gasteiger charge is -2.09. The van der Waals surface area contributed by atoms with Gasteiger partial charge in [0.2, 0.25) is 10.0 Å². The SMILES string of the molecule is CCOC(=O)c1c(NC(=O)COC(=O)c2cc(S(=O)(=O)NC)ccc2F)sc(C)c1C. The van der Waals surface area contributed by atoms with Crippen LogP contribution in [0.1, 0.15) is 38.1 Å². The van der Waals surface area contributed by atoms with E-state index in [4.69, 9.17) is 9.47 Å². The molecule has 168 valence electrons. The maximum atomic E-state index is 14.0. The zero-order chi connectivity index (χ0) is 23.3. The molecular formula is C19H21FN2O7S2. The molecule has 1 aromatic heterocycles. The van der Waals surface area contributed by atoms with E-state index in [-0.39, 0.29) is 22.1 Å². The first kappa shape index (κ1) is 24.4. The van der Waals surface area contributed by atoms with Gasteiger partial charge in [-0.1, -0.05) is 0 Å². The Labute approximate surface area is 182 Å². The van der Waals surface area contributed by atoms with Crippen LogP contribution in [0.3, 0.4) is 0 Å². The van der Waals surface area contributed by atoms with E-state index >= 15 is 0 Å². The van der Waals surface area contributed by atoms with Crippen molar-refractivity contribution in [2.24, 2.45) is 0 Å². The van der Waals surface area contributed by atoms with E-state index in [9.17, 15) is 27.2 Å². The summed E-state index contributed by atoms with van der Waals surface area (Å²) in [6.45, 7) is 4.52. The second-order valence-electron chi connectivity index (χ2n) is 6.18. The van der Waals surface area contributed by atoms with E-state index in [1.807, 2.05) is 4.72 Å². The van der Waals surface area contributed by atoms with Crippen molar-refractivity contribution in [3.63, 3.8) is 0 Å². The second kappa shape index (κ2) is 9.98. The number of thiophene rings is 1. The van der Waals surface area contributed by atoms with Gasteiger partial charge in [-0.3, -0.25) is 4.79 Å². The van der Waals surface area contributed by atoms with Gasteiger partial charge in [-0.15, -0.1) is 11.3 Å². The molecule has 0 aliphatic carbocycles. The highest BCUT2D eigenvalue weighted by Crippen LogP contribution is 2.33. The van der Waals surface area contributed by atoms with Gasteiger partial charge in [0.05, 0.1) is 22.6 Å². The molecule has 0 saturated heterocycles. The molecule has 0 unspecified atom stereocenters. The van der Waals surface area contributed by atoms with Gasteiger partial charge >= 0.3 is 11.9 Å². The van der Waals surface area contributed by atoms with E-state index in [0.717, 1.165) is 34.4 Å². The topological polar surface area (TPSA) is 128 Å². The van der Waals surface area contributed by atoms with Gasteiger partial charge in [0, 0.05) is 4.88 Å². The summed E-state index contributed by atoms with van der Waals surface area (Å²) in [5.41, 5.74) is 0.222. The maximum absolute atomic E-state index is 14.0. The number of anilines is 1. The van der Waals surface area contributed by atoms with Gasteiger partial charge in [0.15, 0.2) is 6.61 Å². The number of ether oxygens (including phenoxy) is 2. The summed E-state index contributed by atoms with van der Waals surface area (Å²) in [6, 6.07) is 2.61. The summed E-state index contributed by atoms with van der Waals surface area (Å²) in [7, 11) is -2.74. The zero-order valence-corrected chi connectivity index (χ0v) is 18.8. The maximum Gasteiger partial charge on any atom is 0.341 e. The molecule has 0 spiro atoms. The number of hydrogen-bond acceptors (Lipinski definition) is 8. The molecule has 2 N–H and O–H groups in total. The van der Waals surface area contributed by atoms with Gasteiger partial charge in [-0.05, 0) is 51.6 Å². The quantitative estimate of drug-likeness (QED) is 0.565. The lowest BCUT2D eigenvalue weighted by molar-refractivity contribution is -0.119. The first-order valence-corrected chi connectivity index (χ1v) is 11.3. The van der Waals surface area contributed by atoms with Gasteiger partial charge in [0.25, 0.3) is 5.91 Å². The van der Waals surface area contributed by atoms with Crippen LogP contribution < -0.4 is 10.0 Å². The summed E-state index contributed by atoms with van der Waals surface area (Å²) >= 11 is 1.16. The summed E-state index contributed by atoms with van der Waals surface area (Å²) in [4.78, 5) is 37.0. The number of carbonyl (C=O) groups is 3. The van der Waals surface area contributed by atoms with Crippen molar-refractivity contribution in [1.29, 1.82) is 0 Å². The van der Waals surface area contributed by atoms with E-state index in [1.165, 1.54) is 7.05 Å². The first-order valence-electron chi connectivity index (χ1n) is 8.99. The van der Waals surface area contributed by atoms with Crippen LogP contribution in [0.5, 0.6) is 0 Å². The largest absolute Gasteiger partial charge is 0.462 e. The van der Waals surface area contributed by atoms with Crippen LogP contribution in [-0.2, 0) is 24.3 Å². The van der Waals surface area contributed by atoms with Crippen LogP contribution in [0, 0.1) is 19.7 Å². The Morgan fingerprint density at radius 3 is 2.42 bits per heavy atom. The second-order valence-corrected chi connectivity index (χ2v) is 9.29. The Bertz CT molecular complexity index is 1130. The lowest BCUT2D eigenvalue weighted by atomic mass is 10.1. The summed E-state index contributed by atoms with van der Waals surface area (Å²) in [5, 5.41) is 2.72. The molecule has 0 saturated carbocycles. The van der Waals surface area contributed by atoms with Crippen LogP contribution in [0.4, 0.5) is 9.39 Å². The normalized spacial score (nSPS) is 11.1. The molecule has 0 bridgehead atoms. The number of amides is 1. The number of esters is 2. The predicted molar refractivity (Wildman–Crippen MR) is 111 cm³/mol. The molecular weight excluding hydrogens is 451 g/mol. The number of aryl methyl sites for hydroxylation is 1. The van der Waals surface area contributed by atoms with Crippen LogP contribution in [-0.4, -0.2) is 46.5 Å². The fraction of sp³-hybridized carbons (Fsp3) is 0.316. The fourth-order valence-electron chi connectivity index (χ4n) is 2.48. The minimum absolute atomic E-state index is 0.159. The highest BCUT2D eigenvalue weighted by Gasteiger charge is 2.23. The minimum atomic E-state index is -3.91. The third kappa shape index (κ3) is 5.66. The highest BCUT2D eigenvalue weighted by molar-refractivity contribution is 7.89. The smallest absolute Gasteiger partial charge is 0.341 e. The Morgan fingerprint density at radius 2 is 1.81 bits per heavy atom. The average Bonchev–Trinajstić information content (AvgIpc) is 2.99. The zero-order valence-electron chi connectivity index (χ0n) is 17.2. The molecule has 0 atom stereocenters. The van der Waals surface area contributed by atoms with Crippen molar-refractivity contribution < 1.29 is 36.7 Å². The average molecular weight is 473 g/mol. The Kier molecular flexibility index (Phi) is 7.87. The van der Waals surface area contributed by atoms with Crippen molar-refractivity contribution in [2.45, 2.75) is 25.7 Å². The third-order valence-corrected chi connectivity index (χ3v) is 6.72. The molecule has 1 aromatic carbocycles. The molecule has 1 heterocycles. The molecule has 0 aliphatic heterocycles. The molecule has 2 rings (SSSR count). The number of rotatable bonds is 8. The third-order valence-electron chi connectivity index (χ3n) is 4.19.